The zero-order chi connectivity index (χ0) is 86.5. The summed E-state index contributed by atoms with van der Waals surface area (Å²) in [6.45, 7) is 9.45. The van der Waals surface area contributed by atoms with Crippen LogP contribution in [0.4, 0.5) is 0 Å². The molecular formula is C123H83N7. The second-order valence-electron chi connectivity index (χ2n) is 35.7. The summed E-state index contributed by atoms with van der Waals surface area (Å²) in [6.07, 6.45) is 0. The largest absolute Gasteiger partial charge is 0.309 e. The van der Waals surface area contributed by atoms with Gasteiger partial charge < -0.3 is 9.13 Å². The molecule has 0 atom stereocenters. The normalized spacial score (nSPS) is 12.9. The summed E-state index contributed by atoms with van der Waals surface area (Å²) in [7, 11) is 0. The minimum absolute atomic E-state index is 0.137. The van der Waals surface area contributed by atoms with Crippen molar-refractivity contribution in [2.24, 2.45) is 0 Å². The Hall–Kier alpha value is -16.6. The van der Waals surface area contributed by atoms with Crippen molar-refractivity contribution in [2.45, 2.75) is 38.5 Å². The second kappa shape index (κ2) is 30.1. The van der Waals surface area contributed by atoms with Crippen LogP contribution in [0.15, 0.2) is 431 Å². The maximum absolute atomic E-state index is 5.46. The van der Waals surface area contributed by atoms with Gasteiger partial charge in [0.1, 0.15) is 0 Å². The van der Waals surface area contributed by atoms with E-state index in [4.69, 9.17) is 24.9 Å². The SMILES string of the molecule is CC1(C)c2ccccc2-c2ccc(-c3ccc4c(c3)c3c(-c5cccc(-c6nc(-c7ccccc7)c7ccccc7n6)c5)cccc3n4-c3cccc4c(-c5ccc(-c6nc(-c7ccccc7)nc(-c7cccc(-c8cccc9c8c8cc(-c%10ccccc%10-c%10ccc%11c(c%10)C(C)(C)c%10ccccc%10-%11)ccc8n9-c8cccc(-c9ccccc9)c8)c7)n6)cc5)cccc34)cc21. The first-order valence-corrected chi connectivity index (χ1v) is 44.8. The Kier molecular flexibility index (Phi) is 17.5. The van der Waals surface area contributed by atoms with Gasteiger partial charge in [0, 0.05) is 76.7 Å². The molecule has 0 saturated heterocycles. The number of para-hydroxylation sites is 1. The highest BCUT2D eigenvalue weighted by Gasteiger charge is 2.38. The highest BCUT2D eigenvalue weighted by atomic mass is 15.0. The Morgan fingerprint density at radius 3 is 1.21 bits per heavy atom. The molecule has 7 heteroatoms. The molecule has 0 amide bonds. The fraction of sp³-hybridized carbons (Fsp3) is 0.0488. The van der Waals surface area contributed by atoms with Crippen LogP contribution < -0.4 is 0 Å². The highest BCUT2D eigenvalue weighted by molar-refractivity contribution is 6.19. The van der Waals surface area contributed by atoms with E-state index in [1.54, 1.807) is 0 Å². The molecule has 7 nitrogen and oxygen atoms in total. The maximum Gasteiger partial charge on any atom is 0.164 e. The molecule has 0 radical (unpaired) electrons. The van der Waals surface area contributed by atoms with Crippen LogP contribution in [0.3, 0.4) is 0 Å². The first-order chi connectivity index (χ1) is 63.9. The lowest BCUT2D eigenvalue weighted by Gasteiger charge is -2.22. The first-order valence-electron chi connectivity index (χ1n) is 44.8. The van der Waals surface area contributed by atoms with Crippen LogP contribution in [-0.4, -0.2) is 34.1 Å². The van der Waals surface area contributed by atoms with E-state index >= 15 is 0 Å². The van der Waals surface area contributed by atoms with Crippen molar-refractivity contribution in [3.8, 4) is 168 Å². The summed E-state index contributed by atoms with van der Waals surface area (Å²) in [5, 5.41) is 7.91. The van der Waals surface area contributed by atoms with E-state index in [0.717, 1.165) is 160 Å². The van der Waals surface area contributed by atoms with Gasteiger partial charge in [-0.25, -0.2) is 24.9 Å². The lowest BCUT2D eigenvalue weighted by atomic mass is 9.81. The standard InChI is InChI=1S/C123H83N7/c1-122(2)105-51-19-16-43-97(105)99-65-61-83(74-107(99)122)82-63-67-112-103(72-82)116-95(84-36-22-38-88(69-84)120-124-109-53-21-18-45-102(109)117(125-120)78-31-10-6-11-32-78)48-27-56-114(116)130(112)110-54-28-49-96-91(46-25-50-101(96)110)77-57-59-80(60-58-77)119-126-118(79-33-12-7-13-34-79)127-121(128-119)89-39-23-37-85(70-89)94-47-26-55-113-115(94)104-73-86(64-68-111(104)129(113)90-40-24-35-81(71-90)76-29-8-5-9-30-76)92-41-14-15-42-93(92)87-62-66-100-98-44-17-20-52-106(98)123(3,4)108(100)75-87/h5-75H,1-4H3. The van der Waals surface area contributed by atoms with Crippen LogP contribution in [0.5, 0.6) is 0 Å². The first kappa shape index (κ1) is 75.9. The molecule has 4 aromatic heterocycles. The summed E-state index contributed by atoms with van der Waals surface area (Å²) < 4.78 is 4.94. The topological polar surface area (TPSA) is 74.3 Å². The van der Waals surface area contributed by atoms with E-state index in [-0.39, 0.29) is 10.8 Å². The minimum Gasteiger partial charge on any atom is -0.309 e. The summed E-state index contributed by atoms with van der Waals surface area (Å²) >= 11 is 0. The summed E-state index contributed by atoms with van der Waals surface area (Å²) in [4.78, 5) is 26.8. The molecule has 0 N–H and O–H groups in total. The number of rotatable bonds is 14. The van der Waals surface area contributed by atoms with Crippen molar-refractivity contribution in [2.75, 3.05) is 0 Å². The third kappa shape index (κ3) is 12.4. The van der Waals surface area contributed by atoms with E-state index < -0.39 is 0 Å². The van der Waals surface area contributed by atoms with Gasteiger partial charge in [0.15, 0.2) is 23.3 Å². The molecule has 0 unspecified atom stereocenters. The molecule has 610 valence electrons. The molecule has 4 heterocycles. The monoisotopic (exact) mass is 1660 g/mol. The Morgan fingerprint density at radius 1 is 0.185 bits per heavy atom. The molecule has 23 aromatic rings. The molecule has 19 aromatic carbocycles. The van der Waals surface area contributed by atoms with Gasteiger partial charge in [-0.2, -0.15) is 0 Å². The van der Waals surface area contributed by atoms with E-state index in [9.17, 15) is 0 Å². The van der Waals surface area contributed by atoms with Gasteiger partial charge in [-0.15, -0.1) is 0 Å². The fourth-order valence-electron chi connectivity index (χ4n) is 21.3. The van der Waals surface area contributed by atoms with Gasteiger partial charge in [0.05, 0.1) is 39.0 Å². The molecule has 130 heavy (non-hydrogen) atoms. The molecule has 0 spiro atoms. The van der Waals surface area contributed by atoms with E-state index in [2.05, 4.69) is 449 Å². The van der Waals surface area contributed by atoms with Crippen molar-refractivity contribution in [1.29, 1.82) is 0 Å². The van der Waals surface area contributed by atoms with Gasteiger partial charge in [-0.3, -0.25) is 0 Å². The smallest absolute Gasteiger partial charge is 0.164 e. The predicted molar refractivity (Wildman–Crippen MR) is 539 cm³/mol. The quantitative estimate of drug-likeness (QED) is 0.108. The molecule has 2 aliphatic carbocycles. The molecule has 2 aliphatic rings. The average Bonchev–Trinajstić information content (AvgIpc) is 1.56. The summed E-state index contributed by atoms with van der Waals surface area (Å²) in [5.41, 5.74) is 39.4. The Labute approximate surface area is 754 Å². The molecule has 0 fully saturated rings. The summed E-state index contributed by atoms with van der Waals surface area (Å²) in [5.74, 6) is 2.43. The lowest BCUT2D eigenvalue weighted by molar-refractivity contribution is 0.660. The second-order valence-corrected chi connectivity index (χ2v) is 35.7. The van der Waals surface area contributed by atoms with E-state index in [0.29, 0.717) is 23.3 Å². The molecular weight excluding hydrogens is 1580 g/mol. The number of aromatic nitrogens is 7. The van der Waals surface area contributed by atoms with Gasteiger partial charge in [0.2, 0.25) is 0 Å². The summed E-state index contributed by atoms with van der Waals surface area (Å²) in [6, 6.07) is 157. The Bertz CT molecular complexity index is 8590. The van der Waals surface area contributed by atoms with Crippen LogP contribution in [-0.2, 0) is 10.8 Å². The third-order valence-corrected chi connectivity index (χ3v) is 27.6. The van der Waals surface area contributed by atoms with Crippen LogP contribution in [0.1, 0.15) is 49.9 Å². The number of benzene rings is 19. The number of hydrogen-bond acceptors (Lipinski definition) is 5. The Morgan fingerprint density at radius 2 is 0.562 bits per heavy atom. The van der Waals surface area contributed by atoms with Gasteiger partial charge in [-0.1, -0.05) is 373 Å². The van der Waals surface area contributed by atoms with Crippen molar-refractivity contribution >= 4 is 65.3 Å². The molecule has 0 saturated carbocycles. The lowest BCUT2D eigenvalue weighted by Crippen LogP contribution is -2.14. The third-order valence-electron chi connectivity index (χ3n) is 27.6. The molecule has 0 aliphatic heterocycles. The van der Waals surface area contributed by atoms with E-state index in [1.807, 2.05) is 18.2 Å². The van der Waals surface area contributed by atoms with Crippen LogP contribution >= 0.6 is 0 Å². The Balaban J connectivity index is 0.595. The van der Waals surface area contributed by atoms with Crippen molar-refractivity contribution in [3.63, 3.8) is 0 Å². The number of hydrogen-bond donors (Lipinski definition) is 0. The minimum atomic E-state index is -0.156. The molecule has 0 bridgehead atoms. The zero-order valence-corrected chi connectivity index (χ0v) is 72.1. The maximum atomic E-state index is 5.46. The average molecular weight is 1660 g/mol. The van der Waals surface area contributed by atoms with Crippen LogP contribution in [0.25, 0.3) is 234 Å². The van der Waals surface area contributed by atoms with Gasteiger partial charge >= 0.3 is 0 Å². The van der Waals surface area contributed by atoms with Crippen LogP contribution in [0, 0.1) is 0 Å². The van der Waals surface area contributed by atoms with Crippen LogP contribution in [0.2, 0.25) is 0 Å². The fourth-order valence-corrected chi connectivity index (χ4v) is 21.3. The van der Waals surface area contributed by atoms with Gasteiger partial charge in [0.25, 0.3) is 0 Å². The van der Waals surface area contributed by atoms with Crippen molar-refractivity contribution < 1.29 is 0 Å². The van der Waals surface area contributed by atoms with Gasteiger partial charge in [-0.05, 0) is 213 Å². The number of fused-ring (bicyclic) bond motifs is 14. The predicted octanol–water partition coefficient (Wildman–Crippen LogP) is 31.8. The number of nitrogens with zero attached hydrogens (tertiary/aromatic N) is 7. The highest BCUT2D eigenvalue weighted by Crippen LogP contribution is 2.54. The zero-order valence-electron chi connectivity index (χ0n) is 72.1. The molecule has 25 rings (SSSR count). The van der Waals surface area contributed by atoms with E-state index in [1.165, 1.54) is 72.3 Å². The van der Waals surface area contributed by atoms with Crippen molar-refractivity contribution in [3.05, 3.63) is 453 Å². The van der Waals surface area contributed by atoms with Crippen molar-refractivity contribution in [1.82, 2.24) is 34.1 Å².